The van der Waals surface area contributed by atoms with Crippen molar-refractivity contribution in [2.75, 3.05) is 11.9 Å². The van der Waals surface area contributed by atoms with Crippen LogP contribution in [0.2, 0.25) is 5.02 Å². The van der Waals surface area contributed by atoms with Crippen molar-refractivity contribution in [3.8, 4) is 5.75 Å². The number of alkyl halides is 2. The lowest BCUT2D eigenvalue weighted by Gasteiger charge is -2.08. The van der Waals surface area contributed by atoms with Crippen molar-refractivity contribution in [1.82, 2.24) is 0 Å². The van der Waals surface area contributed by atoms with Crippen molar-refractivity contribution < 1.29 is 23.1 Å². The molecule has 0 aromatic heterocycles. The molecule has 0 atom stereocenters. The summed E-state index contributed by atoms with van der Waals surface area (Å²) < 4.78 is 29.0. The summed E-state index contributed by atoms with van der Waals surface area (Å²) in [7, 11) is 0. The van der Waals surface area contributed by atoms with Crippen LogP contribution in [0.25, 0.3) is 0 Å². The lowest BCUT2D eigenvalue weighted by molar-refractivity contribution is -0.120. The molecule has 2 aromatic rings. The van der Waals surface area contributed by atoms with Crippen LogP contribution in [0.3, 0.4) is 0 Å². The van der Waals surface area contributed by atoms with E-state index in [4.69, 9.17) is 16.4 Å². The third-order valence-electron chi connectivity index (χ3n) is 3.06. The lowest BCUT2D eigenvalue weighted by atomic mass is 10.2. The number of oxime groups is 1. The number of amides is 1. The molecule has 0 bridgehead atoms. The molecule has 5 nitrogen and oxygen atoms in total. The number of nitrogens with zero attached hydrogens (tertiary/aromatic N) is 1. The molecule has 0 saturated carbocycles. The van der Waals surface area contributed by atoms with Gasteiger partial charge in [0.1, 0.15) is 5.75 Å². The third-order valence-corrected chi connectivity index (χ3v) is 3.29. The quantitative estimate of drug-likeness (QED) is 0.587. The van der Waals surface area contributed by atoms with E-state index in [-0.39, 0.29) is 12.4 Å². The van der Waals surface area contributed by atoms with Gasteiger partial charge in [-0.25, -0.2) is 0 Å². The number of aryl methyl sites for hydroxylation is 1. The Kier molecular flexibility index (Phi) is 6.71. The van der Waals surface area contributed by atoms with Crippen LogP contribution in [0.4, 0.5) is 14.5 Å². The molecule has 2 rings (SSSR count). The fourth-order valence-electron chi connectivity index (χ4n) is 1.93. The first-order chi connectivity index (χ1) is 12.0. The number of carbonyl (C=O) groups excluding carboxylic acids is 1. The highest BCUT2D eigenvalue weighted by Crippen LogP contribution is 2.20. The van der Waals surface area contributed by atoms with Crippen molar-refractivity contribution in [1.29, 1.82) is 0 Å². The van der Waals surface area contributed by atoms with E-state index in [1.54, 1.807) is 37.3 Å². The van der Waals surface area contributed by atoms with E-state index in [1.807, 2.05) is 0 Å². The van der Waals surface area contributed by atoms with Gasteiger partial charge in [-0.1, -0.05) is 28.9 Å². The summed E-state index contributed by atoms with van der Waals surface area (Å²) in [6.07, 6.45) is 1.19. The van der Waals surface area contributed by atoms with E-state index in [0.29, 0.717) is 16.3 Å². The summed E-state index contributed by atoms with van der Waals surface area (Å²) in [5.41, 5.74) is 1.72. The Balaban J connectivity index is 1.88. The molecule has 0 saturated heterocycles. The number of anilines is 1. The minimum Gasteiger partial charge on any atom is -0.434 e. The van der Waals surface area contributed by atoms with Crippen LogP contribution in [0.15, 0.2) is 47.6 Å². The van der Waals surface area contributed by atoms with Crippen LogP contribution in [-0.4, -0.2) is 25.3 Å². The molecule has 25 heavy (non-hydrogen) atoms. The molecule has 0 fully saturated rings. The number of hydrogen-bond donors (Lipinski definition) is 1. The molecular weight excluding hydrogens is 354 g/mol. The average molecular weight is 369 g/mol. The Morgan fingerprint density at radius 2 is 2.08 bits per heavy atom. The smallest absolute Gasteiger partial charge is 0.387 e. The first kappa shape index (κ1) is 18.7. The summed E-state index contributed by atoms with van der Waals surface area (Å²) in [6, 6.07) is 11.1. The summed E-state index contributed by atoms with van der Waals surface area (Å²) in [6.45, 7) is -1.47. The van der Waals surface area contributed by atoms with Crippen LogP contribution in [-0.2, 0) is 9.63 Å². The first-order valence-electron chi connectivity index (χ1n) is 7.21. The average Bonchev–Trinajstić information content (AvgIpc) is 2.55. The number of benzene rings is 2. The molecule has 0 radical (unpaired) electrons. The molecule has 1 N–H and O–H groups in total. The Hall–Kier alpha value is -2.67. The van der Waals surface area contributed by atoms with E-state index in [1.165, 1.54) is 18.3 Å². The van der Waals surface area contributed by atoms with Crippen LogP contribution < -0.4 is 10.1 Å². The van der Waals surface area contributed by atoms with Crippen LogP contribution in [0.1, 0.15) is 11.1 Å². The number of hydrogen-bond acceptors (Lipinski definition) is 4. The van der Waals surface area contributed by atoms with Crippen molar-refractivity contribution >= 4 is 29.4 Å². The van der Waals surface area contributed by atoms with Gasteiger partial charge in [0.05, 0.1) is 6.21 Å². The SMILES string of the molecule is Cc1cc(Cl)ccc1NC(=O)CO/N=C\c1ccccc1OC(F)F. The normalized spacial score (nSPS) is 10.9. The molecule has 1 amide bonds. The summed E-state index contributed by atoms with van der Waals surface area (Å²) >= 11 is 5.84. The molecule has 0 aliphatic carbocycles. The fourth-order valence-corrected chi connectivity index (χ4v) is 2.16. The molecule has 8 heteroatoms. The van der Waals surface area contributed by atoms with E-state index >= 15 is 0 Å². The second-order valence-electron chi connectivity index (χ2n) is 4.93. The number of para-hydroxylation sites is 1. The maximum atomic E-state index is 12.3. The van der Waals surface area contributed by atoms with Crippen molar-refractivity contribution in [3.63, 3.8) is 0 Å². The van der Waals surface area contributed by atoms with Gasteiger partial charge in [-0.05, 0) is 42.8 Å². The molecular formula is C17H15ClF2N2O3. The second-order valence-corrected chi connectivity index (χ2v) is 5.37. The van der Waals surface area contributed by atoms with Crippen LogP contribution in [0, 0.1) is 6.92 Å². The highest BCUT2D eigenvalue weighted by atomic mass is 35.5. The zero-order valence-electron chi connectivity index (χ0n) is 13.2. The van der Waals surface area contributed by atoms with Gasteiger partial charge >= 0.3 is 6.61 Å². The van der Waals surface area contributed by atoms with Gasteiger partial charge in [0.25, 0.3) is 5.91 Å². The van der Waals surface area contributed by atoms with E-state index < -0.39 is 12.5 Å². The van der Waals surface area contributed by atoms with Gasteiger partial charge in [-0.2, -0.15) is 8.78 Å². The van der Waals surface area contributed by atoms with Gasteiger partial charge in [0, 0.05) is 16.3 Å². The van der Waals surface area contributed by atoms with Gasteiger partial charge in [-0.15, -0.1) is 0 Å². The molecule has 2 aromatic carbocycles. The predicted molar refractivity (Wildman–Crippen MR) is 91.4 cm³/mol. The number of halogens is 3. The van der Waals surface area contributed by atoms with Crippen molar-refractivity contribution in [2.45, 2.75) is 13.5 Å². The minimum absolute atomic E-state index is 0.0360. The molecule has 0 aliphatic heterocycles. The van der Waals surface area contributed by atoms with E-state index in [9.17, 15) is 13.6 Å². The number of ether oxygens (including phenoxy) is 1. The standard InChI is InChI=1S/C17H15ClF2N2O3/c1-11-8-13(18)6-7-14(11)22-16(23)10-24-21-9-12-4-2-3-5-15(12)25-17(19)20/h2-9,17H,10H2,1H3,(H,22,23)/b21-9-. The molecule has 0 aliphatic rings. The highest BCUT2D eigenvalue weighted by Gasteiger charge is 2.08. The van der Waals surface area contributed by atoms with Gasteiger partial charge in [0.2, 0.25) is 0 Å². The predicted octanol–water partition coefficient (Wildman–Crippen LogP) is 4.24. The largest absolute Gasteiger partial charge is 0.434 e. The fraction of sp³-hybridized carbons (Fsp3) is 0.176. The van der Waals surface area contributed by atoms with Gasteiger partial charge < -0.3 is 14.9 Å². The third kappa shape index (κ3) is 6.04. The van der Waals surface area contributed by atoms with Gasteiger partial charge in [0.15, 0.2) is 6.61 Å². The zero-order valence-corrected chi connectivity index (χ0v) is 14.0. The molecule has 0 unspecified atom stereocenters. The summed E-state index contributed by atoms with van der Waals surface area (Å²) in [5, 5.41) is 6.82. The molecule has 132 valence electrons. The Morgan fingerprint density at radius 1 is 1.32 bits per heavy atom. The Morgan fingerprint density at radius 3 is 2.80 bits per heavy atom. The van der Waals surface area contributed by atoms with Gasteiger partial charge in [-0.3, -0.25) is 4.79 Å². The van der Waals surface area contributed by atoms with Crippen molar-refractivity contribution in [2.24, 2.45) is 5.16 Å². The minimum atomic E-state index is -2.94. The summed E-state index contributed by atoms with van der Waals surface area (Å²) in [5.74, 6) is -0.453. The maximum absolute atomic E-state index is 12.3. The van der Waals surface area contributed by atoms with E-state index in [0.717, 1.165) is 5.56 Å². The first-order valence-corrected chi connectivity index (χ1v) is 7.58. The highest BCUT2D eigenvalue weighted by molar-refractivity contribution is 6.30. The van der Waals surface area contributed by atoms with Crippen LogP contribution >= 0.6 is 11.6 Å². The number of nitrogens with one attached hydrogen (secondary N) is 1. The molecule has 0 spiro atoms. The Bertz CT molecular complexity index is 769. The Labute approximate surface area is 148 Å². The monoisotopic (exact) mass is 368 g/mol. The van der Waals surface area contributed by atoms with Crippen LogP contribution in [0.5, 0.6) is 5.75 Å². The second kappa shape index (κ2) is 8.98. The maximum Gasteiger partial charge on any atom is 0.387 e. The number of carbonyl (C=O) groups is 1. The van der Waals surface area contributed by atoms with Crippen molar-refractivity contribution in [3.05, 3.63) is 58.6 Å². The zero-order chi connectivity index (χ0) is 18.2. The topological polar surface area (TPSA) is 59.9 Å². The summed E-state index contributed by atoms with van der Waals surface area (Å²) in [4.78, 5) is 16.7. The molecule has 0 heterocycles. The lowest BCUT2D eigenvalue weighted by Crippen LogP contribution is -2.17. The van der Waals surface area contributed by atoms with E-state index in [2.05, 4.69) is 15.2 Å². The number of rotatable bonds is 7.